The van der Waals surface area contributed by atoms with Crippen LogP contribution in [0.2, 0.25) is 15.1 Å². The Labute approximate surface area is 198 Å². The van der Waals surface area contributed by atoms with Crippen molar-refractivity contribution in [2.75, 3.05) is 6.54 Å². The molecule has 0 unspecified atom stereocenters. The number of halogens is 3. The molecule has 0 aliphatic carbocycles. The van der Waals surface area contributed by atoms with Gasteiger partial charge in [-0.2, -0.15) is 0 Å². The molecule has 156 valence electrons. The van der Waals surface area contributed by atoms with Crippen molar-refractivity contribution in [1.29, 1.82) is 0 Å². The van der Waals surface area contributed by atoms with Crippen LogP contribution in [0.4, 0.5) is 5.69 Å². The highest BCUT2D eigenvalue weighted by Crippen LogP contribution is 2.37. The van der Waals surface area contributed by atoms with Crippen molar-refractivity contribution in [2.24, 2.45) is 4.99 Å². The summed E-state index contributed by atoms with van der Waals surface area (Å²) in [5.74, 6) is 0.853. The summed E-state index contributed by atoms with van der Waals surface area (Å²) in [6.45, 7) is 4.04. The molecular formula is C22H14Cl3N3O2S. The highest BCUT2D eigenvalue weighted by atomic mass is 35.5. The number of amidine groups is 1. The van der Waals surface area contributed by atoms with Gasteiger partial charge in [0.1, 0.15) is 11.5 Å². The van der Waals surface area contributed by atoms with Crippen LogP contribution < -0.4 is 0 Å². The molecule has 0 N–H and O–H groups in total. The van der Waals surface area contributed by atoms with Crippen LogP contribution in [0.25, 0.3) is 17.4 Å². The zero-order valence-corrected chi connectivity index (χ0v) is 19.0. The molecular weight excluding hydrogens is 477 g/mol. The van der Waals surface area contributed by atoms with Crippen LogP contribution in [0, 0.1) is 0 Å². The Kier molecular flexibility index (Phi) is 6.53. The molecule has 4 rings (SSSR count). The van der Waals surface area contributed by atoms with Crippen LogP contribution in [-0.4, -0.2) is 27.5 Å². The molecule has 1 aromatic carbocycles. The van der Waals surface area contributed by atoms with Crippen LogP contribution in [0.5, 0.6) is 0 Å². The fourth-order valence-electron chi connectivity index (χ4n) is 2.83. The van der Waals surface area contributed by atoms with Gasteiger partial charge >= 0.3 is 0 Å². The van der Waals surface area contributed by atoms with Gasteiger partial charge in [0.05, 0.1) is 20.6 Å². The summed E-state index contributed by atoms with van der Waals surface area (Å²) in [6, 6.07) is 10.4. The lowest BCUT2D eigenvalue weighted by molar-refractivity contribution is -0.121. The van der Waals surface area contributed by atoms with Crippen LogP contribution in [0.15, 0.2) is 75.8 Å². The van der Waals surface area contributed by atoms with Gasteiger partial charge in [-0.3, -0.25) is 14.7 Å². The van der Waals surface area contributed by atoms with Crippen molar-refractivity contribution in [1.82, 2.24) is 9.88 Å². The van der Waals surface area contributed by atoms with E-state index in [9.17, 15) is 4.79 Å². The van der Waals surface area contributed by atoms with E-state index in [0.717, 1.165) is 0 Å². The number of carbonyl (C=O) groups excluding carboxylic acids is 1. The van der Waals surface area contributed by atoms with Gasteiger partial charge in [0.15, 0.2) is 5.17 Å². The normalized spacial score (nSPS) is 16.5. The maximum absolute atomic E-state index is 12.9. The van der Waals surface area contributed by atoms with Crippen molar-refractivity contribution in [3.63, 3.8) is 0 Å². The lowest BCUT2D eigenvalue weighted by atomic mass is 10.2. The summed E-state index contributed by atoms with van der Waals surface area (Å²) >= 11 is 19.7. The van der Waals surface area contributed by atoms with Gasteiger partial charge in [-0.25, -0.2) is 4.99 Å². The lowest BCUT2D eigenvalue weighted by Gasteiger charge is -2.12. The summed E-state index contributed by atoms with van der Waals surface area (Å²) in [5.41, 5.74) is 1.20. The van der Waals surface area contributed by atoms with E-state index in [1.165, 1.54) is 22.9 Å². The van der Waals surface area contributed by atoms with Gasteiger partial charge < -0.3 is 4.42 Å². The van der Waals surface area contributed by atoms with E-state index in [0.29, 0.717) is 54.5 Å². The number of amides is 1. The van der Waals surface area contributed by atoms with E-state index in [1.54, 1.807) is 54.7 Å². The molecule has 3 heterocycles. The minimum Gasteiger partial charge on any atom is -0.457 e. The fraction of sp³-hybridized carbons (Fsp3) is 0.0455. The number of benzene rings is 1. The van der Waals surface area contributed by atoms with E-state index >= 15 is 0 Å². The summed E-state index contributed by atoms with van der Waals surface area (Å²) in [4.78, 5) is 23.4. The first kappa shape index (κ1) is 21.7. The molecule has 31 heavy (non-hydrogen) atoms. The molecule has 1 fully saturated rings. The summed E-state index contributed by atoms with van der Waals surface area (Å²) < 4.78 is 5.89. The topological polar surface area (TPSA) is 58.7 Å². The van der Waals surface area contributed by atoms with E-state index in [2.05, 4.69) is 16.6 Å². The third kappa shape index (κ3) is 4.72. The lowest BCUT2D eigenvalue weighted by Crippen LogP contribution is -2.29. The number of hydrogen-bond acceptors (Lipinski definition) is 5. The second-order valence-electron chi connectivity index (χ2n) is 6.36. The number of thioether (sulfide) groups is 1. The van der Waals surface area contributed by atoms with Crippen LogP contribution in [-0.2, 0) is 4.79 Å². The predicted octanol–water partition coefficient (Wildman–Crippen LogP) is 7.09. The molecule has 0 saturated carbocycles. The molecule has 0 spiro atoms. The van der Waals surface area contributed by atoms with Gasteiger partial charge in [-0.05, 0) is 48.2 Å². The Bertz CT molecular complexity index is 1240. The molecule has 1 aliphatic heterocycles. The van der Waals surface area contributed by atoms with Crippen molar-refractivity contribution >= 4 is 69.4 Å². The third-order valence-electron chi connectivity index (χ3n) is 4.26. The molecule has 0 radical (unpaired) electrons. The number of carbonyl (C=O) groups is 1. The first-order valence-electron chi connectivity index (χ1n) is 9.02. The molecule has 9 heteroatoms. The molecule has 1 amide bonds. The minimum absolute atomic E-state index is 0.201. The number of aliphatic imine (C=N–C) groups is 1. The third-order valence-corrected chi connectivity index (χ3v) is 6.12. The minimum atomic E-state index is -0.201. The average Bonchev–Trinajstić information content (AvgIpc) is 3.32. The van der Waals surface area contributed by atoms with Gasteiger partial charge in [-0.15, -0.1) is 6.58 Å². The van der Waals surface area contributed by atoms with Gasteiger partial charge in [-0.1, -0.05) is 40.9 Å². The van der Waals surface area contributed by atoms with E-state index in [4.69, 9.17) is 39.2 Å². The second-order valence-corrected chi connectivity index (χ2v) is 8.62. The van der Waals surface area contributed by atoms with Crippen LogP contribution in [0.3, 0.4) is 0 Å². The Morgan fingerprint density at radius 1 is 1.16 bits per heavy atom. The predicted molar refractivity (Wildman–Crippen MR) is 128 cm³/mol. The number of hydrogen-bond donors (Lipinski definition) is 0. The van der Waals surface area contributed by atoms with E-state index in [1.807, 2.05) is 0 Å². The Hall–Kier alpha value is -2.51. The zero-order valence-electron chi connectivity index (χ0n) is 15.9. The maximum Gasteiger partial charge on any atom is 0.267 e. The van der Waals surface area contributed by atoms with Crippen molar-refractivity contribution < 1.29 is 9.21 Å². The maximum atomic E-state index is 12.9. The van der Waals surface area contributed by atoms with E-state index < -0.39 is 0 Å². The fourth-order valence-corrected chi connectivity index (χ4v) is 4.36. The molecule has 1 aliphatic rings. The monoisotopic (exact) mass is 489 g/mol. The molecule has 0 atom stereocenters. The number of furan rings is 1. The molecule has 0 bridgehead atoms. The Morgan fingerprint density at radius 3 is 2.77 bits per heavy atom. The summed E-state index contributed by atoms with van der Waals surface area (Å²) in [6.07, 6.45) is 6.40. The number of nitrogens with zero attached hydrogens (tertiary/aromatic N) is 3. The van der Waals surface area contributed by atoms with Crippen molar-refractivity contribution in [2.45, 2.75) is 0 Å². The molecule has 1 saturated heterocycles. The summed E-state index contributed by atoms with van der Waals surface area (Å²) in [7, 11) is 0. The number of rotatable bonds is 5. The average molecular weight is 491 g/mol. The number of aromatic nitrogens is 1. The largest absolute Gasteiger partial charge is 0.457 e. The smallest absolute Gasteiger partial charge is 0.267 e. The molecule has 5 nitrogen and oxygen atoms in total. The van der Waals surface area contributed by atoms with Gasteiger partial charge in [0, 0.05) is 35.6 Å². The quantitative estimate of drug-likeness (QED) is 0.283. The highest BCUT2D eigenvalue weighted by molar-refractivity contribution is 8.18. The van der Waals surface area contributed by atoms with Crippen LogP contribution >= 0.6 is 46.6 Å². The van der Waals surface area contributed by atoms with Gasteiger partial charge in [0.25, 0.3) is 5.91 Å². The van der Waals surface area contributed by atoms with Gasteiger partial charge in [0.2, 0.25) is 0 Å². The Morgan fingerprint density at radius 2 is 2.00 bits per heavy atom. The first-order chi connectivity index (χ1) is 15.0. The van der Waals surface area contributed by atoms with Crippen LogP contribution in [0.1, 0.15) is 5.76 Å². The molecule has 2 aromatic heterocycles. The summed E-state index contributed by atoms with van der Waals surface area (Å²) in [5, 5.41) is 1.96. The Balaban J connectivity index is 1.66. The number of pyridine rings is 1. The second kappa shape index (κ2) is 9.32. The standard InChI is InChI=1S/C22H14Cl3N3O2S/c1-2-9-28-21(29)20(31-22(28)27-18-7-8-26-12-17(18)25)11-14-4-6-19(30-14)15-10-13(23)3-5-16(15)24/h2-8,10-12H,1,9H2/b20-11+,27-22?. The van der Waals surface area contributed by atoms with Crippen molar-refractivity contribution in [3.05, 3.63) is 87.2 Å². The first-order valence-corrected chi connectivity index (χ1v) is 11.0. The SMILES string of the molecule is C=CCN1C(=O)/C(=C\c2ccc(-c3cc(Cl)ccc3Cl)o2)SC1=Nc1ccncc1Cl. The zero-order chi connectivity index (χ0) is 22.0. The van der Waals surface area contributed by atoms with Crippen molar-refractivity contribution in [3.8, 4) is 11.3 Å². The van der Waals surface area contributed by atoms with E-state index in [-0.39, 0.29) is 5.91 Å². The molecule has 3 aromatic rings. The highest BCUT2D eigenvalue weighted by Gasteiger charge is 2.33.